The zero-order valence-electron chi connectivity index (χ0n) is 14.1. The number of sulfonamides is 1. The first kappa shape index (κ1) is 19.8. The highest BCUT2D eigenvalue weighted by molar-refractivity contribution is 7.99. The molecule has 0 bridgehead atoms. The van der Waals surface area contributed by atoms with Gasteiger partial charge >= 0.3 is 5.97 Å². The molecule has 0 spiro atoms. The third-order valence-corrected chi connectivity index (χ3v) is 6.92. The van der Waals surface area contributed by atoms with Gasteiger partial charge in [-0.25, -0.2) is 13.2 Å². The van der Waals surface area contributed by atoms with Crippen molar-refractivity contribution >= 4 is 33.7 Å². The van der Waals surface area contributed by atoms with Gasteiger partial charge in [-0.3, -0.25) is 4.79 Å². The van der Waals surface area contributed by atoms with Crippen molar-refractivity contribution in [2.45, 2.75) is 30.1 Å². The summed E-state index contributed by atoms with van der Waals surface area (Å²) in [5.41, 5.74) is 0. The van der Waals surface area contributed by atoms with Crippen molar-refractivity contribution < 1.29 is 27.5 Å². The Morgan fingerprint density at radius 2 is 2.04 bits per heavy atom. The van der Waals surface area contributed by atoms with Gasteiger partial charge in [0.1, 0.15) is 0 Å². The van der Waals surface area contributed by atoms with Crippen molar-refractivity contribution in [3.8, 4) is 0 Å². The summed E-state index contributed by atoms with van der Waals surface area (Å²) in [6.45, 7) is 3.00. The molecule has 8 nitrogen and oxygen atoms in total. The van der Waals surface area contributed by atoms with Crippen LogP contribution in [0, 0.1) is 5.92 Å². The number of furan rings is 1. The van der Waals surface area contributed by atoms with Gasteiger partial charge in [-0.05, 0) is 31.2 Å². The molecule has 1 atom stereocenters. The molecule has 0 saturated carbocycles. The summed E-state index contributed by atoms with van der Waals surface area (Å²) in [5.74, 6) is -2.01. The van der Waals surface area contributed by atoms with Crippen molar-refractivity contribution in [2.24, 2.45) is 5.92 Å². The van der Waals surface area contributed by atoms with Crippen LogP contribution in [-0.4, -0.2) is 60.8 Å². The maximum atomic E-state index is 12.5. The van der Waals surface area contributed by atoms with E-state index in [4.69, 9.17) is 9.52 Å². The Bertz CT molecular complexity index is 722. The highest BCUT2D eigenvalue weighted by atomic mass is 32.2. The fourth-order valence-corrected chi connectivity index (χ4v) is 4.16. The summed E-state index contributed by atoms with van der Waals surface area (Å²) in [4.78, 5) is 23.0. The van der Waals surface area contributed by atoms with Crippen LogP contribution in [-0.2, 0) is 14.8 Å². The first-order valence-corrected chi connectivity index (χ1v) is 10.6. The lowest BCUT2D eigenvalue weighted by Gasteiger charge is -2.30. The van der Waals surface area contributed by atoms with Gasteiger partial charge in [0.25, 0.3) is 10.0 Å². The quantitative estimate of drug-likeness (QED) is 0.719. The number of piperidine rings is 1. The molecule has 25 heavy (non-hydrogen) atoms. The van der Waals surface area contributed by atoms with Crippen molar-refractivity contribution in [1.29, 1.82) is 0 Å². The molecule has 1 fully saturated rings. The van der Waals surface area contributed by atoms with Crippen LogP contribution in [0.1, 0.15) is 30.3 Å². The minimum absolute atomic E-state index is 0.0517. The summed E-state index contributed by atoms with van der Waals surface area (Å²) in [7, 11) is -3.89. The Kier molecular flexibility index (Phi) is 6.53. The Balaban J connectivity index is 1.94. The molecule has 2 N–H and O–H groups in total. The molecule has 10 heteroatoms. The third-order valence-electron chi connectivity index (χ3n) is 4.18. The number of carboxylic acids is 1. The number of hydrogen-bond donors (Lipinski definition) is 2. The van der Waals surface area contributed by atoms with Crippen molar-refractivity contribution in [2.75, 3.05) is 25.9 Å². The van der Waals surface area contributed by atoms with Crippen molar-refractivity contribution in [3.63, 3.8) is 0 Å². The Morgan fingerprint density at radius 3 is 2.56 bits per heavy atom. The average molecular weight is 390 g/mol. The number of thioether (sulfide) groups is 1. The van der Waals surface area contributed by atoms with E-state index in [1.165, 1.54) is 4.31 Å². The summed E-state index contributed by atoms with van der Waals surface area (Å²) in [6.07, 6.45) is 2.82. The van der Waals surface area contributed by atoms with Gasteiger partial charge in [-0.1, -0.05) is 6.92 Å². The van der Waals surface area contributed by atoms with Crippen LogP contribution in [0.3, 0.4) is 0 Å². The van der Waals surface area contributed by atoms with Crippen molar-refractivity contribution in [1.82, 2.24) is 9.62 Å². The minimum atomic E-state index is -3.89. The van der Waals surface area contributed by atoms with Crippen LogP contribution >= 0.6 is 11.8 Å². The standard InChI is InChI=1S/C15H22N2O6S2/c1-10(24-2)9-16-14(18)11-5-7-17(8-6-11)25(21,22)13-4-3-12(23-13)15(19)20/h3-4,10-11H,5-9H2,1-2H3,(H,16,18)(H,19,20). The van der Waals surface area contributed by atoms with Gasteiger partial charge in [0.15, 0.2) is 0 Å². The monoisotopic (exact) mass is 390 g/mol. The number of aromatic carboxylic acids is 1. The molecule has 1 amide bonds. The Morgan fingerprint density at radius 1 is 1.40 bits per heavy atom. The number of carbonyl (C=O) groups excluding carboxylic acids is 1. The lowest BCUT2D eigenvalue weighted by molar-refractivity contribution is -0.126. The molecule has 1 aliphatic rings. The maximum Gasteiger partial charge on any atom is 0.371 e. The number of amides is 1. The zero-order chi connectivity index (χ0) is 18.6. The van der Waals surface area contributed by atoms with Gasteiger partial charge in [0.05, 0.1) is 0 Å². The number of carbonyl (C=O) groups is 2. The summed E-state index contributed by atoms with van der Waals surface area (Å²) < 4.78 is 31.1. The van der Waals surface area contributed by atoms with E-state index in [9.17, 15) is 18.0 Å². The van der Waals surface area contributed by atoms with E-state index in [2.05, 4.69) is 5.32 Å². The highest BCUT2D eigenvalue weighted by Crippen LogP contribution is 2.25. The summed E-state index contributed by atoms with van der Waals surface area (Å²) in [6, 6.07) is 2.25. The first-order valence-electron chi connectivity index (χ1n) is 7.89. The van der Waals surface area contributed by atoms with Crippen LogP contribution < -0.4 is 5.32 Å². The topological polar surface area (TPSA) is 117 Å². The fourth-order valence-electron chi connectivity index (χ4n) is 2.53. The third kappa shape index (κ3) is 4.77. The van der Waals surface area contributed by atoms with Gasteiger partial charge in [-0.15, -0.1) is 0 Å². The normalized spacial score (nSPS) is 18.0. The highest BCUT2D eigenvalue weighted by Gasteiger charge is 2.34. The molecule has 1 aromatic rings. The molecule has 0 aliphatic carbocycles. The Labute approximate surface area is 151 Å². The molecular weight excluding hydrogens is 368 g/mol. The predicted molar refractivity (Wildman–Crippen MR) is 93.1 cm³/mol. The van der Waals surface area contributed by atoms with Crippen LogP contribution in [0.4, 0.5) is 0 Å². The minimum Gasteiger partial charge on any atom is -0.475 e. The number of nitrogens with zero attached hydrogens (tertiary/aromatic N) is 1. The molecule has 2 rings (SSSR count). The first-order chi connectivity index (χ1) is 11.8. The maximum absolute atomic E-state index is 12.5. The molecule has 1 saturated heterocycles. The van der Waals surface area contributed by atoms with Crippen molar-refractivity contribution in [3.05, 3.63) is 17.9 Å². The SMILES string of the molecule is CSC(C)CNC(=O)C1CCN(S(=O)(=O)c2ccc(C(=O)O)o2)CC1. The molecule has 2 heterocycles. The molecule has 1 unspecified atom stereocenters. The van der Waals surface area contributed by atoms with E-state index in [0.717, 1.165) is 12.1 Å². The van der Waals surface area contributed by atoms with E-state index in [-0.39, 0.29) is 30.0 Å². The largest absolute Gasteiger partial charge is 0.475 e. The molecule has 1 aromatic heterocycles. The van der Waals surface area contributed by atoms with Crippen LogP contribution in [0.2, 0.25) is 0 Å². The lowest BCUT2D eigenvalue weighted by Crippen LogP contribution is -2.43. The van der Waals surface area contributed by atoms with Gasteiger partial charge in [0, 0.05) is 30.8 Å². The second kappa shape index (κ2) is 8.24. The smallest absolute Gasteiger partial charge is 0.371 e. The van der Waals surface area contributed by atoms with E-state index < -0.39 is 21.8 Å². The number of hydrogen-bond acceptors (Lipinski definition) is 6. The van der Waals surface area contributed by atoms with Gasteiger partial charge < -0.3 is 14.8 Å². The molecule has 140 valence electrons. The number of nitrogens with one attached hydrogen (secondary N) is 1. The second-order valence-electron chi connectivity index (χ2n) is 5.89. The number of rotatable bonds is 7. The van der Waals surface area contributed by atoms with Crippen LogP contribution in [0.25, 0.3) is 0 Å². The predicted octanol–water partition coefficient (Wildman–Crippen LogP) is 1.25. The molecule has 0 radical (unpaired) electrons. The summed E-state index contributed by atoms with van der Waals surface area (Å²) >= 11 is 1.66. The van der Waals surface area contributed by atoms with E-state index in [0.29, 0.717) is 24.6 Å². The molecule has 0 aromatic carbocycles. The molecule has 1 aliphatic heterocycles. The van der Waals surface area contributed by atoms with Gasteiger partial charge in [0.2, 0.25) is 16.8 Å². The van der Waals surface area contributed by atoms with Gasteiger partial charge in [-0.2, -0.15) is 16.1 Å². The van der Waals surface area contributed by atoms with E-state index in [1.54, 1.807) is 11.8 Å². The molecular formula is C15H22N2O6S2. The summed E-state index contributed by atoms with van der Waals surface area (Å²) in [5, 5.41) is 11.7. The van der Waals surface area contributed by atoms with E-state index >= 15 is 0 Å². The lowest BCUT2D eigenvalue weighted by atomic mass is 9.97. The van der Waals surface area contributed by atoms with E-state index in [1.807, 2.05) is 13.2 Å². The zero-order valence-corrected chi connectivity index (χ0v) is 15.7. The second-order valence-corrected chi connectivity index (χ2v) is 9.04. The average Bonchev–Trinajstić information content (AvgIpc) is 3.10. The number of carboxylic acid groups (broad SMARTS) is 1. The van der Waals surface area contributed by atoms with Crippen LogP contribution in [0.5, 0.6) is 0 Å². The van der Waals surface area contributed by atoms with Crippen LogP contribution in [0.15, 0.2) is 21.6 Å². The Hall–Kier alpha value is -1.52. The fraction of sp³-hybridized carbons (Fsp3) is 0.600.